The van der Waals surface area contributed by atoms with Crippen LogP contribution in [0.3, 0.4) is 0 Å². The van der Waals surface area contributed by atoms with Crippen LogP contribution in [0.25, 0.3) is 10.8 Å². The molecule has 0 radical (unpaired) electrons. The van der Waals surface area contributed by atoms with Crippen LogP contribution in [0, 0.1) is 5.82 Å². The van der Waals surface area contributed by atoms with Crippen molar-refractivity contribution in [1.82, 2.24) is 10.2 Å². The summed E-state index contributed by atoms with van der Waals surface area (Å²) in [6.07, 6.45) is 0. The molecule has 0 aliphatic heterocycles. The second-order valence-corrected chi connectivity index (χ2v) is 7.97. The summed E-state index contributed by atoms with van der Waals surface area (Å²) < 4.78 is 13.7. The van der Waals surface area contributed by atoms with Crippen molar-refractivity contribution in [3.63, 3.8) is 0 Å². The van der Waals surface area contributed by atoms with E-state index in [4.69, 9.17) is 0 Å². The molecule has 1 aromatic heterocycles. The molecule has 0 bridgehead atoms. The van der Waals surface area contributed by atoms with Crippen molar-refractivity contribution in [2.45, 2.75) is 10.1 Å². The smallest absolute Gasteiger partial charge is 0.258 e. The van der Waals surface area contributed by atoms with Gasteiger partial charge in [0.25, 0.3) is 5.91 Å². The molecule has 0 aliphatic rings. The van der Waals surface area contributed by atoms with Gasteiger partial charge in [-0.3, -0.25) is 10.1 Å². The van der Waals surface area contributed by atoms with Crippen LogP contribution in [0.4, 0.5) is 9.52 Å². The third kappa shape index (κ3) is 4.15. The van der Waals surface area contributed by atoms with E-state index in [2.05, 4.69) is 15.5 Å². The van der Waals surface area contributed by atoms with Gasteiger partial charge in [0.05, 0.1) is 0 Å². The Morgan fingerprint density at radius 3 is 2.63 bits per heavy atom. The number of rotatable bonds is 5. The average molecular weight is 395 g/mol. The van der Waals surface area contributed by atoms with Crippen LogP contribution in [-0.4, -0.2) is 16.1 Å². The van der Waals surface area contributed by atoms with Crippen molar-refractivity contribution in [2.24, 2.45) is 0 Å². The van der Waals surface area contributed by atoms with E-state index in [1.165, 1.54) is 35.2 Å². The highest BCUT2D eigenvalue weighted by Gasteiger charge is 2.13. The summed E-state index contributed by atoms with van der Waals surface area (Å²) in [4.78, 5) is 12.6. The van der Waals surface area contributed by atoms with Crippen molar-refractivity contribution in [1.29, 1.82) is 0 Å². The number of thioether (sulfide) groups is 1. The van der Waals surface area contributed by atoms with Gasteiger partial charge in [0, 0.05) is 11.3 Å². The number of amides is 1. The largest absolute Gasteiger partial charge is 0.296 e. The summed E-state index contributed by atoms with van der Waals surface area (Å²) in [5.74, 6) is 0.197. The highest BCUT2D eigenvalue weighted by molar-refractivity contribution is 8.00. The van der Waals surface area contributed by atoms with Gasteiger partial charge in [0.2, 0.25) is 5.13 Å². The minimum absolute atomic E-state index is 0.210. The Kier molecular flexibility index (Phi) is 5.13. The van der Waals surface area contributed by atoms with Gasteiger partial charge in [0.1, 0.15) is 5.82 Å². The first-order valence-corrected chi connectivity index (χ1v) is 9.99. The highest BCUT2D eigenvalue weighted by atomic mass is 32.2. The van der Waals surface area contributed by atoms with Crippen LogP contribution in [-0.2, 0) is 5.75 Å². The predicted molar refractivity (Wildman–Crippen MR) is 108 cm³/mol. The van der Waals surface area contributed by atoms with Gasteiger partial charge in [-0.15, -0.1) is 10.2 Å². The van der Waals surface area contributed by atoms with E-state index in [-0.39, 0.29) is 11.7 Å². The van der Waals surface area contributed by atoms with Crippen molar-refractivity contribution >= 4 is 44.9 Å². The maximum atomic E-state index is 12.9. The Hall–Kier alpha value is -2.77. The fraction of sp³-hybridized carbons (Fsp3) is 0.0500. The van der Waals surface area contributed by atoms with Crippen LogP contribution >= 0.6 is 23.1 Å². The third-order valence-electron chi connectivity index (χ3n) is 3.94. The molecule has 0 aliphatic carbocycles. The second-order valence-electron chi connectivity index (χ2n) is 5.77. The Labute approximate surface area is 163 Å². The van der Waals surface area contributed by atoms with Crippen molar-refractivity contribution in [2.75, 3.05) is 5.32 Å². The molecule has 4 nitrogen and oxygen atoms in total. The fourth-order valence-electron chi connectivity index (χ4n) is 2.63. The van der Waals surface area contributed by atoms with Gasteiger partial charge in [-0.1, -0.05) is 71.6 Å². The number of carbonyl (C=O) groups excluding carboxylic acids is 1. The molecular formula is C20H14FN3OS2. The summed E-state index contributed by atoms with van der Waals surface area (Å²) in [6, 6.07) is 19.7. The zero-order valence-electron chi connectivity index (χ0n) is 14.1. The van der Waals surface area contributed by atoms with Crippen LogP contribution in [0.15, 0.2) is 71.1 Å². The predicted octanol–water partition coefficient (Wildman–Crippen LogP) is 5.38. The first kappa shape index (κ1) is 17.6. The number of hydrogen-bond donors (Lipinski definition) is 1. The molecule has 1 amide bonds. The first-order chi connectivity index (χ1) is 13.2. The van der Waals surface area contributed by atoms with Crippen LogP contribution in [0.5, 0.6) is 0 Å². The van der Waals surface area contributed by atoms with Crippen molar-refractivity contribution < 1.29 is 9.18 Å². The van der Waals surface area contributed by atoms with E-state index in [1.54, 1.807) is 18.2 Å². The number of aromatic nitrogens is 2. The highest BCUT2D eigenvalue weighted by Crippen LogP contribution is 2.29. The molecule has 7 heteroatoms. The Balaban J connectivity index is 1.44. The van der Waals surface area contributed by atoms with E-state index in [0.717, 1.165) is 20.7 Å². The van der Waals surface area contributed by atoms with Crippen LogP contribution in [0.1, 0.15) is 15.9 Å². The van der Waals surface area contributed by atoms with Crippen molar-refractivity contribution in [3.8, 4) is 0 Å². The molecule has 27 heavy (non-hydrogen) atoms. The standard InChI is InChI=1S/C20H14FN3OS2/c21-15-10-8-13(9-11-15)12-26-20-24-23-19(27-20)22-18(25)17-7-3-5-14-4-1-2-6-16(14)17/h1-11H,12H2,(H,22,23,25). The van der Waals surface area contributed by atoms with E-state index in [9.17, 15) is 9.18 Å². The van der Waals surface area contributed by atoms with Gasteiger partial charge in [-0.2, -0.15) is 0 Å². The maximum Gasteiger partial charge on any atom is 0.258 e. The van der Waals surface area contributed by atoms with Crippen LogP contribution < -0.4 is 5.32 Å². The molecule has 0 unspecified atom stereocenters. The molecule has 0 spiro atoms. The van der Waals surface area contributed by atoms with E-state index in [0.29, 0.717) is 16.4 Å². The van der Waals surface area contributed by atoms with E-state index < -0.39 is 0 Å². The number of carbonyl (C=O) groups is 1. The topological polar surface area (TPSA) is 54.9 Å². The number of fused-ring (bicyclic) bond motifs is 1. The molecule has 134 valence electrons. The van der Waals surface area contributed by atoms with Gasteiger partial charge in [-0.05, 0) is 34.5 Å². The normalized spacial score (nSPS) is 10.9. The monoisotopic (exact) mass is 395 g/mol. The molecule has 4 rings (SSSR count). The SMILES string of the molecule is O=C(Nc1nnc(SCc2ccc(F)cc2)s1)c1cccc2ccccc12. The number of halogens is 1. The zero-order chi connectivity index (χ0) is 18.6. The van der Waals surface area contributed by atoms with E-state index in [1.807, 2.05) is 36.4 Å². The Morgan fingerprint density at radius 1 is 1.00 bits per heavy atom. The fourth-order valence-corrected chi connectivity index (χ4v) is 4.34. The summed E-state index contributed by atoms with van der Waals surface area (Å²) in [6.45, 7) is 0. The zero-order valence-corrected chi connectivity index (χ0v) is 15.7. The minimum Gasteiger partial charge on any atom is -0.296 e. The Morgan fingerprint density at radius 2 is 1.78 bits per heavy atom. The Bertz CT molecular complexity index is 1090. The number of nitrogens with one attached hydrogen (secondary N) is 1. The molecule has 3 aromatic carbocycles. The molecule has 0 saturated heterocycles. The molecule has 0 fully saturated rings. The van der Waals surface area contributed by atoms with Gasteiger partial charge in [-0.25, -0.2) is 4.39 Å². The lowest BCUT2D eigenvalue weighted by Gasteiger charge is -2.05. The molecule has 0 atom stereocenters. The number of nitrogens with zero attached hydrogens (tertiary/aromatic N) is 2. The van der Waals surface area contributed by atoms with Crippen LogP contribution in [0.2, 0.25) is 0 Å². The van der Waals surface area contributed by atoms with Gasteiger partial charge in [0.15, 0.2) is 4.34 Å². The molecule has 4 aromatic rings. The maximum absolute atomic E-state index is 12.9. The number of hydrogen-bond acceptors (Lipinski definition) is 5. The molecular weight excluding hydrogens is 381 g/mol. The van der Waals surface area contributed by atoms with Gasteiger partial charge >= 0.3 is 0 Å². The lowest BCUT2D eigenvalue weighted by Crippen LogP contribution is -2.12. The quantitative estimate of drug-likeness (QED) is 0.364. The summed E-state index contributed by atoms with van der Waals surface area (Å²) in [5, 5.41) is 13.3. The molecule has 1 heterocycles. The second kappa shape index (κ2) is 7.85. The molecule has 1 N–H and O–H groups in total. The average Bonchev–Trinajstić information content (AvgIpc) is 3.14. The lowest BCUT2D eigenvalue weighted by molar-refractivity contribution is 0.102. The summed E-state index contributed by atoms with van der Waals surface area (Å²) in [5.41, 5.74) is 1.60. The number of anilines is 1. The van der Waals surface area contributed by atoms with Crippen molar-refractivity contribution in [3.05, 3.63) is 83.7 Å². The molecule has 0 saturated carbocycles. The van der Waals surface area contributed by atoms with Gasteiger partial charge < -0.3 is 0 Å². The minimum atomic E-state index is -0.252. The third-order valence-corrected chi connectivity index (χ3v) is 5.98. The lowest BCUT2D eigenvalue weighted by atomic mass is 10.0. The van der Waals surface area contributed by atoms with E-state index >= 15 is 0 Å². The summed E-state index contributed by atoms with van der Waals surface area (Å²) >= 11 is 2.82. The summed E-state index contributed by atoms with van der Waals surface area (Å²) in [7, 11) is 0. The first-order valence-electron chi connectivity index (χ1n) is 8.19. The number of benzene rings is 3.